The van der Waals surface area contributed by atoms with E-state index in [1.165, 1.54) is 0 Å². The van der Waals surface area contributed by atoms with Crippen molar-refractivity contribution in [2.45, 2.75) is 65.5 Å². The first-order valence-electron chi connectivity index (χ1n) is 13.7. The SMILES string of the molecule is CC1=C(C)[C@H]2[C@H](Cc3c[nH]c4ccccc34)NC(=O)[C@@]23C(=O)CCC(=O)C(=O)/C(C)=C/[C@@H](C)C/C=C/[C@H]3[C@@H]1O. The molecule has 1 amide bonds. The minimum absolute atomic E-state index is 0.0349. The Morgan fingerprint density at radius 3 is 2.54 bits per heavy atom. The van der Waals surface area contributed by atoms with E-state index in [-0.39, 0.29) is 24.8 Å². The number of para-hydroxylation sites is 1. The Kier molecular flexibility index (Phi) is 7.06. The van der Waals surface area contributed by atoms with Gasteiger partial charge in [0.15, 0.2) is 0 Å². The van der Waals surface area contributed by atoms with Gasteiger partial charge in [0.2, 0.25) is 17.5 Å². The molecule has 1 aromatic carbocycles. The number of ketones is 3. The summed E-state index contributed by atoms with van der Waals surface area (Å²) in [7, 11) is 0. The second-order valence-corrected chi connectivity index (χ2v) is 11.5. The molecular weight excluding hydrogens is 492 g/mol. The molecule has 3 N–H and O–H groups in total. The van der Waals surface area contributed by atoms with E-state index in [4.69, 9.17) is 0 Å². The van der Waals surface area contributed by atoms with Crippen LogP contribution in [0.5, 0.6) is 0 Å². The highest BCUT2D eigenvalue weighted by Crippen LogP contribution is 2.55. The van der Waals surface area contributed by atoms with Crippen molar-refractivity contribution in [3.05, 3.63) is 71.0 Å². The van der Waals surface area contributed by atoms with Crippen molar-refractivity contribution in [1.82, 2.24) is 10.3 Å². The quantitative estimate of drug-likeness (QED) is 0.307. The number of rotatable bonds is 2. The standard InChI is InChI=1S/C32H36N2O5/c1-17-8-7-10-23-30(38)20(4)19(3)28-25(15-21-16-33-24-11-6-5-9-22(21)24)34-31(39)32(23,28)27(36)13-12-26(35)29(37)18(2)14-17/h5-7,9-11,14,16-17,23,25,28,30,33,38H,8,12-13,15H2,1-4H3,(H,34,39)/b10-7+,18-14+/t17-,23-,25-,28-,30+,32-/m0/s1. The second-order valence-electron chi connectivity index (χ2n) is 11.5. The highest BCUT2D eigenvalue weighted by Gasteiger charge is 2.66. The Bertz CT molecular complexity index is 1460. The van der Waals surface area contributed by atoms with Crippen LogP contribution in [0.15, 0.2) is 65.4 Å². The zero-order valence-electron chi connectivity index (χ0n) is 22.9. The molecule has 39 heavy (non-hydrogen) atoms. The van der Waals surface area contributed by atoms with Gasteiger partial charge in [0, 0.05) is 47.8 Å². The first-order chi connectivity index (χ1) is 18.6. The minimum Gasteiger partial charge on any atom is -0.388 e. The highest BCUT2D eigenvalue weighted by molar-refractivity contribution is 6.43. The largest absolute Gasteiger partial charge is 0.388 e. The van der Waals surface area contributed by atoms with E-state index in [1.807, 2.05) is 63.4 Å². The summed E-state index contributed by atoms with van der Waals surface area (Å²) >= 11 is 0. The molecule has 6 atom stereocenters. The zero-order valence-corrected chi connectivity index (χ0v) is 22.9. The van der Waals surface area contributed by atoms with E-state index >= 15 is 0 Å². The van der Waals surface area contributed by atoms with Crippen molar-refractivity contribution in [3.8, 4) is 0 Å². The number of benzene rings is 1. The number of carbonyl (C=O) groups is 4. The molecule has 2 aromatic rings. The van der Waals surface area contributed by atoms with Crippen molar-refractivity contribution >= 4 is 34.2 Å². The van der Waals surface area contributed by atoms with Gasteiger partial charge in [-0.05, 0) is 62.3 Å². The molecule has 7 heteroatoms. The number of hydrogen-bond donors (Lipinski definition) is 3. The smallest absolute Gasteiger partial charge is 0.235 e. The molecule has 2 aliphatic carbocycles. The Morgan fingerprint density at radius 1 is 1.03 bits per heavy atom. The lowest BCUT2D eigenvalue weighted by Gasteiger charge is -2.46. The van der Waals surface area contributed by atoms with E-state index in [2.05, 4.69) is 10.3 Å². The maximum atomic E-state index is 14.2. The highest BCUT2D eigenvalue weighted by atomic mass is 16.3. The molecule has 7 nitrogen and oxygen atoms in total. The normalized spacial score (nSPS) is 34.4. The molecule has 0 unspecified atom stereocenters. The fourth-order valence-electron chi connectivity index (χ4n) is 7.06. The van der Waals surface area contributed by atoms with E-state index in [0.717, 1.165) is 27.6 Å². The molecule has 3 aliphatic rings. The van der Waals surface area contributed by atoms with Crippen molar-refractivity contribution in [3.63, 3.8) is 0 Å². The first-order valence-corrected chi connectivity index (χ1v) is 13.7. The number of hydrogen-bond acceptors (Lipinski definition) is 5. The molecule has 1 saturated heterocycles. The number of H-pyrrole nitrogens is 1. The molecule has 1 aliphatic heterocycles. The summed E-state index contributed by atoms with van der Waals surface area (Å²) in [5.41, 5.74) is 2.41. The predicted molar refractivity (Wildman–Crippen MR) is 149 cm³/mol. The molecule has 2 heterocycles. The topological polar surface area (TPSA) is 116 Å². The lowest BCUT2D eigenvalue weighted by atomic mass is 9.54. The molecule has 1 spiro atoms. The predicted octanol–water partition coefficient (Wildman–Crippen LogP) is 4.17. The third kappa shape index (κ3) is 4.33. The lowest BCUT2D eigenvalue weighted by Crippen LogP contribution is -2.55. The van der Waals surface area contributed by atoms with E-state index in [1.54, 1.807) is 13.0 Å². The van der Waals surface area contributed by atoms with Crippen LogP contribution in [0.25, 0.3) is 10.9 Å². The third-order valence-corrected chi connectivity index (χ3v) is 9.14. The summed E-state index contributed by atoms with van der Waals surface area (Å²) in [4.78, 5) is 57.0. The molecule has 1 aromatic heterocycles. The Morgan fingerprint density at radius 2 is 1.77 bits per heavy atom. The van der Waals surface area contributed by atoms with Gasteiger partial charge in [-0.3, -0.25) is 19.2 Å². The number of allylic oxidation sites excluding steroid dienone is 3. The average Bonchev–Trinajstić information content (AvgIpc) is 3.45. The number of carbonyl (C=O) groups excluding carboxylic acids is 4. The van der Waals surface area contributed by atoms with Crippen LogP contribution in [-0.4, -0.2) is 45.5 Å². The van der Waals surface area contributed by atoms with Gasteiger partial charge in [0.05, 0.1) is 6.10 Å². The fourth-order valence-corrected chi connectivity index (χ4v) is 7.06. The van der Waals surface area contributed by atoms with E-state index in [9.17, 15) is 24.3 Å². The van der Waals surface area contributed by atoms with Crippen LogP contribution >= 0.6 is 0 Å². The van der Waals surface area contributed by atoms with Crippen LogP contribution in [0.3, 0.4) is 0 Å². The molecule has 204 valence electrons. The minimum atomic E-state index is -1.57. The van der Waals surface area contributed by atoms with Crippen LogP contribution < -0.4 is 5.32 Å². The van der Waals surface area contributed by atoms with Crippen molar-refractivity contribution < 1.29 is 24.3 Å². The monoisotopic (exact) mass is 528 g/mol. The fraction of sp³-hybridized carbons (Fsp3) is 0.438. The van der Waals surface area contributed by atoms with Crippen LogP contribution in [0, 0.1) is 23.2 Å². The van der Waals surface area contributed by atoms with Gasteiger partial charge in [-0.15, -0.1) is 0 Å². The molecule has 0 bridgehead atoms. The van der Waals surface area contributed by atoms with E-state index in [0.29, 0.717) is 18.4 Å². The number of aliphatic hydroxyl groups excluding tert-OH is 1. The maximum absolute atomic E-state index is 14.2. The summed E-state index contributed by atoms with van der Waals surface area (Å²) in [5, 5.41) is 15.7. The van der Waals surface area contributed by atoms with Crippen LogP contribution in [0.4, 0.5) is 0 Å². The van der Waals surface area contributed by atoms with Gasteiger partial charge in [-0.2, -0.15) is 0 Å². The van der Waals surface area contributed by atoms with Gasteiger partial charge >= 0.3 is 0 Å². The van der Waals surface area contributed by atoms with Gasteiger partial charge in [0.25, 0.3) is 0 Å². The van der Waals surface area contributed by atoms with Crippen LogP contribution in [-0.2, 0) is 25.6 Å². The molecule has 1 fully saturated rings. The summed E-state index contributed by atoms with van der Waals surface area (Å²) in [5.74, 6) is -3.36. The third-order valence-electron chi connectivity index (χ3n) is 9.14. The van der Waals surface area contributed by atoms with Crippen molar-refractivity contribution in [2.75, 3.05) is 0 Å². The number of aliphatic hydroxyl groups is 1. The van der Waals surface area contributed by atoms with E-state index < -0.39 is 46.6 Å². The summed E-state index contributed by atoms with van der Waals surface area (Å²) in [6, 6.07) is 7.57. The lowest BCUT2D eigenvalue weighted by molar-refractivity contribution is -0.148. The van der Waals surface area contributed by atoms with Gasteiger partial charge in [0.1, 0.15) is 11.2 Å². The van der Waals surface area contributed by atoms with Crippen LogP contribution in [0.2, 0.25) is 0 Å². The Balaban J connectivity index is 1.62. The molecule has 5 rings (SSSR count). The number of nitrogens with one attached hydrogen (secondary N) is 2. The summed E-state index contributed by atoms with van der Waals surface area (Å²) in [6.07, 6.45) is 6.96. The average molecular weight is 529 g/mol. The molecular formula is C32H36N2O5. The Hall–Kier alpha value is -3.58. The maximum Gasteiger partial charge on any atom is 0.235 e. The summed E-state index contributed by atoms with van der Waals surface area (Å²) in [6.45, 7) is 7.33. The van der Waals surface area contributed by atoms with Gasteiger partial charge in [-0.1, -0.05) is 48.9 Å². The Labute approximate surface area is 228 Å². The van der Waals surface area contributed by atoms with Crippen molar-refractivity contribution in [1.29, 1.82) is 0 Å². The summed E-state index contributed by atoms with van der Waals surface area (Å²) < 4.78 is 0. The number of amides is 1. The van der Waals surface area contributed by atoms with Crippen molar-refractivity contribution in [2.24, 2.45) is 23.2 Å². The number of aromatic nitrogens is 1. The second kappa shape index (κ2) is 10.2. The van der Waals surface area contributed by atoms with Crippen LogP contribution in [0.1, 0.15) is 52.5 Å². The molecule has 0 saturated carbocycles. The first kappa shape index (κ1) is 27.0. The van der Waals surface area contributed by atoms with Gasteiger partial charge in [-0.25, -0.2) is 0 Å². The zero-order chi connectivity index (χ0) is 28.1. The van der Waals surface area contributed by atoms with Gasteiger partial charge < -0.3 is 15.4 Å². The number of Topliss-reactive ketones (excluding diaryl/α,β-unsaturated/α-hetero) is 3. The molecule has 0 radical (unpaired) electrons. The number of fused-ring (bicyclic) bond motifs is 1. The number of aromatic amines is 1.